The quantitative estimate of drug-likeness (QED) is 0.266. The van der Waals surface area contributed by atoms with E-state index in [9.17, 15) is 27.9 Å². The van der Waals surface area contributed by atoms with Crippen LogP contribution in [0.25, 0.3) is 16.7 Å². The number of carbonyl (C=O) groups is 2. The molecule has 0 aromatic heterocycles. The van der Waals surface area contributed by atoms with E-state index in [-0.39, 0.29) is 17.5 Å². The molecule has 1 heterocycles. The summed E-state index contributed by atoms with van der Waals surface area (Å²) < 4.78 is 57.9. The largest absolute Gasteiger partial charge is 0.496 e. The molecule has 2 aliphatic rings. The normalized spacial score (nSPS) is 19.7. The van der Waals surface area contributed by atoms with E-state index in [0.29, 0.717) is 41.0 Å². The number of hydrogen-bond donors (Lipinski definition) is 1. The van der Waals surface area contributed by atoms with Crippen LogP contribution < -0.4 is 9.47 Å². The molecule has 0 bridgehead atoms. The molecular formula is C36H38F3NO6. The molecule has 2 atom stereocenters. The molecule has 0 radical (unpaired) electrons. The first kappa shape index (κ1) is 32.9. The third-order valence-electron chi connectivity index (χ3n) is 8.96. The first-order valence-corrected chi connectivity index (χ1v) is 15.1. The van der Waals surface area contributed by atoms with Crippen molar-refractivity contribution in [3.63, 3.8) is 0 Å². The second-order valence-corrected chi connectivity index (χ2v) is 12.9. The molecule has 1 saturated heterocycles. The van der Waals surface area contributed by atoms with Crippen LogP contribution in [0.2, 0.25) is 0 Å². The highest BCUT2D eigenvalue weighted by atomic mass is 19.4. The molecule has 0 saturated carbocycles. The van der Waals surface area contributed by atoms with Gasteiger partial charge in [0.2, 0.25) is 0 Å². The van der Waals surface area contributed by atoms with E-state index in [2.05, 4.69) is 13.8 Å². The van der Waals surface area contributed by atoms with E-state index in [1.165, 1.54) is 19.2 Å². The van der Waals surface area contributed by atoms with Gasteiger partial charge in [0.15, 0.2) is 0 Å². The predicted octanol–water partition coefficient (Wildman–Crippen LogP) is 8.94. The molecule has 1 aliphatic heterocycles. The Balaban J connectivity index is 1.55. The molecule has 5 rings (SSSR count). The maximum Gasteiger partial charge on any atom is 0.416 e. The summed E-state index contributed by atoms with van der Waals surface area (Å²) in [6.45, 7) is 7.99. The van der Waals surface area contributed by atoms with Crippen molar-refractivity contribution in [2.75, 3.05) is 20.8 Å². The van der Waals surface area contributed by atoms with E-state index in [0.717, 1.165) is 40.8 Å². The zero-order valence-electron chi connectivity index (χ0n) is 26.7. The van der Waals surface area contributed by atoms with Gasteiger partial charge in [-0.25, -0.2) is 9.59 Å². The van der Waals surface area contributed by atoms with Crippen molar-refractivity contribution >= 4 is 17.6 Å². The minimum atomic E-state index is -4.52. The van der Waals surface area contributed by atoms with Gasteiger partial charge in [-0.15, -0.1) is 0 Å². The molecular weight excluding hydrogens is 599 g/mol. The minimum Gasteiger partial charge on any atom is -0.496 e. The van der Waals surface area contributed by atoms with Gasteiger partial charge in [-0.2, -0.15) is 13.2 Å². The van der Waals surface area contributed by atoms with Gasteiger partial charge < -0.3 is 19.3 Å². The summed E-state index contributed by atoms with van der Waals surface area (Å²) in [5.74, 6) is 0.00549. The van der Waals surface area contributed by atoms with Crippen LogP contribution in [0, 0.1) is 12.3 Å². The maximum absolute atomic E-state index is 13.6. The van der Waals surface area contributed by atoms with Gasteiger partial charge in [-0.1, -0.05) is 31.5 Å². The highest BCUT2D eigenvalue weighted by molar-refractivity contribution is 5.90. The van der Waals surface area contributed by atoms with Crippen LogP contribution in [-0.4, -0.2) is 48.9 Å². The zero-order chi connectivity index (χ0) is 33.6. The summed E-state index contributed by atoms with van der Waals surface area (Å²) in [5.41, 5.74) is 4.44. The molecule has 1 amide bonds. The Hall–Kier alpha value is -4.47. The van der Waals surface area contributed by atoms with Crippen molar-refractivity contribution in [2.24, 2.45) is 5.41 Å². The van der Waals surface area contributed by atoms with Crippen molar-refractivity contribution in [1.29, 1.82) is 0 Å². The number of cyclic esters (lactones) is 1. The van der Waals surface area contributed by atoms with E-state index in [1.807, 2.05) is 18.2 Å². The molecule has 7 nitrogen and oxygen atoms in total. The molecule has 0 spiro atoms. The fourth-order valence-electron chi connectivity index (χ4n) is 6.57. The lowest BCUT2D eigenvalue weighted by Crippen LogP contribution is -2.35. The van der Waals surface area contributed by atoms with Crippen LogP contribution in [0.5, 0.6) is 11.5 Å². The Kier molecular flexibility index (Phi) is 8.86. The lowest BCUT2D eigenvalue weighted by molar-refractivity contribution is -0.137. The molecule has 1 aliphatic carbocycles. The number of aryl methyl sites for hydroxylation is 1. The summed E-state index contributed by atoms with van der Waals surface area (Å²) in [4.78, 5) is 26.4. The number of hydrogen-bond acceptors (Lipinski definition) is 5. The van der Waals surface area contributed by atoms with Crippen LogP contribution in [0.15, 0.2) is 60.2 Å². The zero-order valence-corrected chi connectivity index (χ0v) is 26.7. The molecule has 1 fully saturated rings. The highest BCUT2D eigenvalue weighted by Gasteiger charge is 2.42. The van der Waals surface area contributed by atoms with Crippen molar-refractivity contribution < 1.29 is 42.1 Å². The van der Waals surface area contributed by atoms with Crippen LogP contribution >= 0.6 is 0 Å². The molecule has 0 unspecified atom stereocenters. The van der Waals surface area contributed by atoms with E-state index in [4.69, 9.17) is 14.2 Å². The number of benzene rings is 3. The number of carboxylic acids is 1. The first-order valence-electron chi connectivity index (χ1n) is 15.1. The highest BCUT2D eigenvalue weighted by Crippen LogP contribution is 2.47. The topological polar surface area (TPSA) is 85.3 Å². The minimum absolute atomic E-state index is 0.0516. The SMILES string of the molecule is COc1ccc(-c2ccc(C(=O)O)cc2OC)cc1C1=C(CN2C(=O)O[C@H](c3cc(C)cc(C(F)(F)F)c3)[C@@H]2C)CC(C)(C)CC1. The van der Waals surface area contributed by atoms with E-state index < -0.39 is 35.9 Å². The third kappa shape index (κ3) is 6.57. The number of rotatable bonds is 8. The summed E-state index contributed by atoms with van der Waals surface area (Å²) in [6.07, 6.45) is -3.65. The monoisotopic (exact) mass is 637 g/mol. The van der Waals surface area contributed by atoms with Crippen LogP contribution in [-0.2, 0) is 10.9 Å². The predicted molar refractivity (Wildman–Crippen MR) is 168 cm³/mol. The molecule has 3 aromatic carbocycles. The van der Waals surface area contributed by atoms with Gasteiger partial charge in [0.1, 0.15) is 17.6 Å². The molecule has 244 valence electrons. The summed E-state index contributed by atoms with van der Waals surface area (Å²) in [6, 6.07) is 13.7. The number of methoxy groups -OCH3 is 2. The lowest BCUT2D eigenvalue weighted by atomic mass is 9.72. The molecule has 10 heteroatoms. The van der Waals surface area contributed by atoms with Gasteiger partial charge in [-0.3, -0.25) is 4.90 Å². The van der Waals surface area contributed by atoms with E-state index >= 15 is 0 Å². The fourth-order valence-corrected chi connectivity index (χ4v) is 6.57. The number of alkyl halides is 3. The number of carboxylic acid groups (broad SMARTS) is 1. The smallest absolute Gasteiger partial charge is 0.416 e. The Bertz CT molecular complexity index is 1710. The molecule has 1 N–H and O–H groups in total. The van der Waals surface area contributed by atoms with Crippen molar-refractivity contribution in [3.05, 3.63) is 88.0 Å². The van der Waals surface area contributed by atoms with Gasteiger partial charge in [0, 0.05) is 17.7 Å². The third-order valence-corrected chi connectivity index (χ3v) is 8.96. The standard InChI is InChI=1S/C36H38F3NO6/c1-20-13-24(15-26(14-20)36(37,38)39)32-21(2)40(34(43)46-32)19-25-18-35(3,4)12-11-27(25)29-16-22(8-10-30(29)44-5)28-9-7-23(33(41)42)17-31(28)45-6/h7-10,13-17,21,32H,11-12,18-19H2,1-6H3,(H,41,42)/t21-,32-/m0/s1. The number of carbonyl (C=O) groups excluding carboxylic acids is 1. The summed E-state index contributed by atoms with van der Waals surface area (Å²) >= 11 is 0. The van der Waals surface area contributed by atoms with Crippen LogP contribution in [0.4, 0.5) is 18.0 Å². The Morgan fingerprint density at radius 3 is 2.39 bits per heavy atom. The van der Waals surface area contributed by atoms with Gasteiger partial charge in [0.25, 0.3) is 0 Å². The fraction of sp³-hybridized carbons (Fsp3) is 0.389. The van der Waals surface area contributed by atoms with Crippen molar-refractivity contribution in [2.45, 2.75) is 65.3 Å². The average Bonchev–Trinajstić information content (AvgIpc) is 3.28. The van der Waals surface area contributed by atoms with Gasteiger partial charge in [-0.05, 0) is 103 Å². The summed E-state index contributed by atoms with van der Waals surface area (Å²) in [7, 11) is 3.08. The summed E-state index contributed by atoms with van der Waals surface area (Å²) in [5, 5.41) is 9.45. The van der Waals surface area contributed by atoms with Crippen molar-refractivity contribution in [1.82, 2.24) is 4.90 Å². The molecule has 3 aromatic rings. The Morgan fingerprint density at radius 2 is 1.74 bits per heavy atom. The first-order chi connectivity index (χ1) is 21.6. The lowest BCUT2D eigenvalue weighted by Gasteiger charge is -2.36. The Morgan fingerprint density at radius 1 is 1.02 bits per heavy atom. The Labute approximate surface area is 266 Å². The van der Waals surface area contributed by atoms with E-state index in [1.54, 1.807) is 38.0 Å². The second-order valence-electron chi connectivity index (χ2n) is 12.9. The number of amides is 1. The number of nitrogens with zero attached hydrogens (tertiary/aromatic N) is 1. The maximum atomic E-state index is 13.6. The number of aromatic carboxylic acids is 1. The van der Waals surface area contributed by atoms with Gasteiger partial charge in [0.05, 0.1) is 31.4 Å². The number of ether oxygens (including phenoxy) is 3. The number of allylic oxidation sites excluding steroid dienone is 1. The number of halogens is 3. The van der Waals surface area contributed by atoms with Crippen LogP contribution in [0.1, 0.15) is 78.7 Å². The molecule has 46 heavy (non-hydrogen) atoms. The van der Waals surface area contributed by atoms with Crippen LogP contribution in [0.3, 0.4) is 0 Å². The van der Waals surface area contributed by atoms with Gasteiger partial charge >= 0.3 is 18.2 Å². The van der Waals surface area contributed by atoms with Crippen molar-refractivity contribution in [3.8, 4) is 22.6 Å². The second kappa shape index (κ2) is 12.4. The average molecular weight is 638 g/mol.